The zero-order valence-corrected chi connectivity index (χ0v) is 19.3. The molecular formula is C21H20BrNO5S2. The van der Waals surface area contributed by atoms with E-state index in [-0.39, 0.29) is 9.79 Å². The van der Waals surface area contributed by atoms with Crippen LogP contribution in [0.2, 0.25) is 0 Å². The Morgan fingerprint density at radius 1 is 0.767 bits per heavy atom. The molecule has 0 heterocycles. The highest BCUT2D eigenvalue weighted by atomic mass is 79.9. The first-order valence-electron chi connectivity index (χ1n) is 8.93. The summed E-state index contributed by atoms with van der Waals surface area (Å²) in [6.07, 6.45) is -0.796. The molecule has 3 aromatic rings. The number of sulfonamides is 2. The Balaban J connectivity index is 2.11. The summed E-state index contributed by atoms with van der Waals surface area (Å²) in [5, 5.41) is 0. The first kappa shape index (κ1) is 22.6. The van der Waals surface area contributed by atoms with E-state index in [0.29, 0.717) is 9.27 Å². The van der Waals surface area contributed by atoms with Crippen LogP contribution < -0.4 is 0 Å². The lowest BCUT2D eigenvalue weighted by molar-refractivity contribution is 0.0962. The second-order valence-corrected chi connectivity index (χ2v) is 11.2. The monoisotopic (exact) mass is 509 g/mol. The molecule has 3 aromatic carbocycles. The van der Waals surface area contributed by atoms with Crippen LogP contribution in [0.15, 0.2) is 99.2 Å². The minimum atomic E-state index is -4.37. The van der Waals surface area contributed by atoms with Crippen molar-refractivity contribution >= 4 is 36.0 Å². The molecule has 0 fully saturated rings. The molecule has 0 spiro atoms. The first-order valence-corrected chi connectivity index (χ1v) is 12.6. The Morgan fingerprint density at radius 2 is 1.20 bits per heavy atom. The second-order valence-electron chi connectivity index (χ2n) is 6.37. The van der Waals surface area contributed by atoms with Crippen LogP contribution in [0.1, 0.15) is 11.7 Å². The van der Waals surface area contributed by atoms with Gasteiger partial charge in [0.15, 0.2) is 0 Å². The summed E-state index contributed by atoms with van der Waals surface area (Å²) in [4.78, 5) is -0.231. The van der Waals surface area contributed by atoms with Gasteiger partial charge in [0.25, 0.3) is 20.0 Å². The van der Waals surface area contributed by atoms with Crippen molar-refractivity contribution in [3.63, 3.8) is 0 Å². The van der Waals surface area contributed by atoms with Crippen molar-refractivity contribution < 1.29 is 21.6 Å². The van der Waals surface area contributed by atoms with Gasteiger partial charge in [-0.2, -0.15) is 0 Å². The van der Waals surface area contributed by atoms with E-state index in [1.807, 2.05) is 0 Å². The summed E-state index contributed by atoms with van der Waals surface area (Å²) in [6, 6.07) is 22.0. The van der Waals surface area contributed by atoms with Gasteiger partial charge in [-0.3, -0.25) is 0 Å². The molecule has 0 amide bonds. The number of benzene rings is 3. The van der Waals surface area contributed by atoms with Gasteiger partial charge in [-0.25, -0.2) is 16.8 Å². The summed E-state index contributed by atoms with van der Waals surface area (Å²) in [6.45, 7) is -0.410. The van der Waals surface area contributed by atoms with Crippen LogP contribution in [0.4, 0.5) is 0 Å². The maximum atomic E-state index is 13.4. The molecule has 6 nitrogen and oxygen atoms in total. The molecule has 0 aliphatic carbocycles. The van der Waals surface area contributed by atoms with Gasteiger partial charge < -0.3 is 4.74 Å². The smallest absolute Gasteiger partial charge is 0.256 e. The molecule has 0 N–H and O–H groups in total. The fourth-order valence-electron chi connectivity index (χ4n) is 2.87. The van der Waals surface area contributed by atoms with Crippen molar-refractivity contribution in [2.45, 2.75) is 15.9 Å². The molecule has 30 heavy (non-hydrogen) atoms. The topological polar surface area (TPSA) is 80.8 Å². The van der Waals surface area contributed by atoms with E-state index in [4.69, 9.17) is 4.74 Å². The van der Waals surface area contributed by atoms with Gasteiger partial charge in [0.1, 0.15) is 0 Å². The highest BCUT2D eigenvalue weighted by Gasteiger charge is 2.38. The van der Waals surface area contributed by atoms with Crippen molar-refractivity contribution in [2.75, 3.05) is 13.7 Å². The van der Waals surface area contributed by atoms with Gasteiger partial charge in [0.2, 0.25) is 0 Å². The second kappa shape index (κ2) is 9.40. The molecule has 0 radical (unpaired) electrons. The molecule has 0 aliphatic rings. The summed E-state index contributed by atoms with van der Waals surface area (Å²) < 4.78 is 60.3. The van der Waals surface area contributed by atoms with Crippen LogP contribution in [0, 0.1) is 0 Å². The standard InChI is InChI=1S/C21H20BrNO5S2/c1-28-21(17-12-14-18(22)15-13-17)16-23(29(24,25)19-8-4-2-5-9-19)30(26,27)20-10-6-3-7-11-20/h2-15,21H,16H2,1H3. The van der Waals surface area contributed by atoms with Crippen LogP contribution in [0.5, 0.6) is 0 Å². The molecule has 9 heteroatoms. The summed E-state index contributed by atoms with van der Waals surface area (Å²) in [5.74, 6) is 0. The minimum absolute atomic E-state index is 0.116. The Labute approximate surface area is 185 Å². The normalized spacial score (nSPS) is 13.3. The molecule has 3 rings (SSSR count). The highest BCUT2D eigenvalue weighted by Crippen LogP contribution is 2.29. The van der Waals surface area contributed by atoms with Gasteiger partial charge >= 0.3 is 0 Å². The maximum absolute atomic E-state index is 13.4. The summed E-state index contributed by atoms with van der Waals surface area (Å²) >= 11 is 3.35. The van der Waals surface area contributed by atoms with Gasteiger partial charge in [0.05, 0.1) is 22.4 Å². The molecule has 0 saturated carbocycles. The predicted molar refractivity (Wildman–Crippen MR) is 118 cm³/mol. The zero-order chi connectivity index (χ0) is 21.8. The number of ether oxygens (including phenoxy) is 1. The van der Waals surface area contributed by atoms with E-state index in [2.05, 4.69) is 15.9 Å². The lowest BCUT2D eigenvalue weighted by atomic mass is 10.1. The minimum Gasteiger partial charge on any atom is -0.375 e. The van der Waals surface area contributed by atoms with E-state index in [1.165, 1.54) is 31.4 Å². The predicted octanol–water partition coefficient (Wildman–Crippen LogP) is 4.22. The third kappa shape index (κ3) is 4.81. The Kier molecular flexibility index (Phi) is 7.10. The average molecular weight is 510 g/mol. The molecule has 158 valence electrons. The maximum Gasteiger partial charge on any atom is 0.256 e. The summed E-state index contributed by atoms with van der Waals surface area (Å²) in [7, 11) is -7.33. The molecule has 0 bridgehead atoms. The van der Waals surface area contributed by atoms with Crippen molar-refractivity contribution in [1.29, 1.82) is 0 Å². The Bertz CT molecular complexity index is 1110. The van der Waals surface area contributed by atoms with Crippen molar-refractivity contribution in [1.82, 2.24) is 3.71 Å². The van der Waals surface area contributed by atoms with E-state index in [9.17, 15) is 16.8 Å². The lowest BCUT2D eigenvalue weighted by Gasteiger charge is -2.26. The Hall–Kier alpha value is -2.04. The molecule has 1 unspecified atom stereocenters. The molecule has 0 aromatic heterocycles. The number of methoxy groups -OCH3 is 1. The van der Waals surface area contributed by atoms with Gasteiger partial charge in [-0.1, -0.05) is 68.2 Å². The van der Waals surface area contributed by atoms with E-state index in [0.717, 1.165) is 4.47 Å². The van der Waals surface area contributed by atoms with Crippen LogP contribution >= 0.6 is 15.9 Å². The van der Waals surface area contributed by atoms with E-state index >= 15 is 0 Å². The average Bonchev–Trinajstić information content (AvgIpc) is 2.76. The largest absolute Gasteiger partial charge is 0.375 e. The number of rotatable bonds is 8. The number of nitrogens with zero attached hydrogens (tertiary/aromatic N) is 1. The van der Waals surface area contributed by atoms with E-state index in [1.54, 1.807) is 60.7 Å². The Morgan fingerprint density at radius 3 is 1.60 bits per heavy atom. The third-order valence-corrected chi connectivity index (χ3v) is 9.27. The van der Waals surface area contributed by atoms with Crippen molar-refractivity contribution in [3.8, 4) is 0 Å². The highest BCUT2D eigenvalue weighted by molar-refractivity contribution is 9.10. The van der Waals surface area contributed by atoms with Crippen LogP contribution in [0.25, 0.3) is 0 Å². The summed E-state index contributed by atoms with van der Waals surface area (Å²) in [5.41, 5.74) is 0.650. The quantitative estimate of drug-likeness (QED) is 0.454. The fourth-order valence-corrected chi connectivity index (χ4v) is 6.82. The van der Waals surface area contributed by atoms with Gasteiger partial charge in [-0.05, 0) is 42.0 Å². The first-order chi connectivity index (χ1) is 14.3. The lowest BCUT2D eigenvalue weighted by Crippen LogP contribution is -2.40. The molecule has 0 aliphatic heterocycles. The fraction of sp³-hybridized carbons (Fsp3) is 0.143. The van der Waals surface area contributed by atoms with Crippen LogP contribution in [0.3, 0.4) is 0 Å². The van der Waals surface area contributed by atoms with Crippen molar-refractivity contribution in [3.05, 3.63) is 95.0 Å². The zero-order valence-electron chi connectivity index (χ0n) is 16.1. The third-order valence-electron chi connectivity index (χ3n) is 4.46. The van der Waals surface area contributed by atoms with Crippen LogP contribution in [-0.2, 0) is 24.8 Å². The van der Waals surface area contributed by atoms with Gasteiger partial charge in [0, 0.05) is 11.6 Å². The number of hydrogen-bond donors (Lipinski definition) is 0. The van der Waals surface area contributed by atoms with Gasteiger partial charge in [-0.15, -0.1) is 0 Å². The van der Waals surface area contributed by atoms with E-state index < -0.39 is 32.7 Å². The molecule has 1 atom stereocenters. The molecular weight excluding hydrogens is 490 g/mol. The van der Waals surface area contributed by atoms with Crippen LogP contribution in [-0.4, -0.2) is 34.2 Å². The number of halogens is 1. The SMILES string of the molecule is COC(CN(S(=O)(=O)c1ccccc1)S(=O)(=O)c1ccccc1)c1ccc(Br)cc1. The van der Waals surface area contributed by atoms with Crippen molar-refractivity contribution in [2.24, 2.45) is 0 Å². The number of hydrogen-bond acceptors (Lipinski definition) is 5. The molecule has 0 saturated heterocycles.